The highest BCUT2D eigenvalue weighted by atomic mass is 32.3. The Hall–Kier alpha value is -1.76. The minimum absolute atomic E-state index is 0.178. The topological polar surface area (TPSA) is 70.9 Å². The molecule has 0 saturated carbocycles. The van der Waals surface area contributed by atoms with Crippen LogP contribution < -0.4 is 4.72 Å². The Labute approximate surface area is 118 Å². The largest absolute Gasteiger partial charge is 0.395 e. The summed E-state index contributed by atoms with van der Waals surface area (Å²) in [6.07, 6.45) is 1.31. The Bertz CT molecular complexity index is 688. The van der Waals surface area contributed by atoms with E-state index in [9.17, 15) is 8.76 Å². The molecular weight excluding hydrogens is 276 g/mol. The van der Waals surface area contributed by atoms with Gasteiger partial charge in [-0.15, -0.1) is 14.7 Å². The van der Waals surface area contributed by atoms with E-state index in [2.05, 4.69) is 16.6 Å². The first-order valence-electron chi connectivity index (χ1n) is 6.13. The van der Waals surface area contributed by atoms with Crippen molar-refractivity contribution in [3.05, 3.63) is 42.5 Å². The Kier molecular flexibility index (Phi) is 3.89. The van der Waals surface area contributed by atoms with Gasteiger partial charge in [0.15, 0.2) is 0 Å². The van der Waals surface area contributed by atoms with Crippen LogP contribution in [0.3, 0.4) is 0 Å². The van der Waals surface area contributed by atoms with E-state index in [1.54, 1.807) is 12.1 Å². The second-order valence-corrected chi connectivity index (χ2v) is 7.91. The first-order chi connectivity index (χ1) is 9.42. The van der Waals surface area contributed by atoms with Crippen LogP contribution in [0, 0.1) is 0 Å². The molecule has 2 rings (SSSR count). The Morgan fingerprint density at radius 3 is 2.75 bits per heavy atom. The van der Waals surface area contributed by atoms with Gasteiger partial charge >= 0.3 is 0 Å². The molecule has 108 valence electrons. The third kappa shape index (κ3) is 3.04. The van der Waals surface area contributed by atoms with Gasteiger partial charge < -0.3 is 4.84 Å². The average Bonchev–Trinajstić information content (AvgIpc) is 2.43. The summed E-state index contributed by atoms with van der Waals surface area (Å²) in [4.78, 5) is 5.10. The van der Waals surface area contributed by atoms with Gasteiger partial charge in [-0.25, -0.2) is 4.72 Å². The molecule has 0 radical (unpaired) electrons. The molecule has 0 saturated heterocycles. The molecule has 0 aromatic heterocycles. The number of rotatable bonds is 6. The normalized spacial score (nSPS) is 13.6. The van der Waals surface area contributed by atoms with E-state index in [0.717, 1.165) is 10.8 Å². The Balaban J connectivity index is 2.40. The van der Waals surface area contributed by atoms with Gasteiger partial charge in [-0.3, -0.25) is 4.55 Å². The fourth-order valence-electron chi connectivity index (χ4n) is 2.08. The predicted octanol–water partition coefficient (Wildman–Crippen LogP) is 2.26. The van der Waals surface area contributed by atoms with Crippen molar-refractivity contribution in [2.75, 3.05) is 19.4 Å². The van der Waals surface area contributed by atoms with Crippen LogP contribution in [0.25, 0.3) is 10.8 Å². The van der Waals surface area contributed by atoms with Crippen molar-refractivity contribution in [3.63, 3.8) is 0 Å². The zero-order chi connectivity index (χ0) is 14.7. The van der Waals surface area contributed by atoms with Crippen molar-refractivity contribution in [2.24, 2.45) is 5.16 Å². The maximum atomic E-state index is 12.9. The first kappa shape index (κ1) is 14.6. The zero-order valence-corrected chi connectivity index (χ0v) is 12.1. The molecule has 0 amide bonds. The summed E-state index contributed by atoms with van der Waals surface area (Å²) in [5, 5.41) is 4.92. The quantitative estimate of drug-likeness (QED) is 0.488. The second-order valence-electron chi connectivity index (χ2n) is 4.62. The van der Waals surface area contributed by atoms with E-state index in [1.807, 2.05) is 30.3 Å². The number of fused-ring (bicyclic) bond motifs is 1. The molecule has 0 atom stereocenters. The highest BCUT2D eigenvalue weighted by Crippen LogP contribution is 2.32. The van der Waals surface area contributed by atoms with E-state index in [4.69, 9.17) is 4.84 Å². The average molecular weight is 294 g/mol. The summed E-state index contributed by atoms with van der Waals surface area (Å²) < 4.78 is 26.2. The summed E-state index contributed by atoms with van der Waals surface area (Å²) in [6, 6.07) is 12.8. The van der Waals surface area contributed by atoms with Gasteiger partial charge in [0.05, 0.1) is 11.4 Å². The second kappa shape index (κ2) is 5.32. The fraction of sp³-hybridized carbons (Fsp3) is 0.214. The minimum atomic E-state index is -4.14. The molecule has 0 aliphatic rings. The summed E-state index contributed by atoms with van der Waals surface area (Å²) in [6.45, 7) is 3.55. The molecule has 2 aromatic carbocycles. The molecule has 20 heavy (non-hydrogen) atoms. The fourth-order valence-corrected chi connectivity index (χ4v) is 3.91. The van der Waals surface area contributed by atoms with Crippen molar-refractivity contribution in [1.82, 2.24) is 4.72 Å². The van der Waals surface area contributed by atoms with Crippen LogP contribution in [0.1, 0.15) is 0 Å². The van der Waals surface area contributed by atoms with Gasteiger partial charge in [-0.05, 0) is 11.5 Å². The molecule has 6 heteroatoms. The lowest BCUT2D eigenvalue weighted by molar-refractivity contribution is 0.152. The monoisotopic (exact) mass is 294 g/mol. The number of nitrogens with zero attached hydrogens (tertiary/aromatic N) is 1. The van der Waals surface area contributed by atoms with Gasteiger partial charge in [0, 0.05) is 18.4 Å². The van der Waals surface area contributed by atoms with E-state index in [1.165, 1.54) is 6.26 Å². The summed E-state index contributed by atoms with van der Waals surface area (Å²) >= 11 is 0. The molecule has 0 aliphatic heterocycles. The van der Waals surface area contributed by atoms with E-state index in [0.29, 0.717) is 4.90 Å². The lowest BCUT2D eigenvalue weighted by atomic mass is 10.1. The molecule has 5 nitrogen and oxygen atoms in total. The maximum absolute atomic E-state index is 12.9. The van der Waals surface area contributed by atoms with Gasteiger partial charge in [0.1, 0.15) is 6.61 Å². The summed E-state index contributed by atoms with van der Waals surface area (Å²) in [5.41, 5.74) is 0. The number of hydrogen-bond acceptors (Lipinski definition) is 3. The third-order valence-corrected chi connectivity index (χ3v) is 5.27. The molecule has 0 heterocycles. The lowest BCUT2D eigenvalue weighted by Gasteiger charge is -2.40. The van der Waals surface area contributed by atoms with Crippen LogP contribution in [-0.2, 0) is 14.4 Å². The van der Waals surface area contributed by atoms with Crippen LogP contribution in [0.5, 0.6) is 0 Å². The van der Waals surface area contributed by atoms with Gasteiger partial charge in [-0.1, -0.05) is 36.4 Å². The van der Waals surface area contributed by atoms with Crippen LogP contribution in [0.2, 0.25) is 0 Å². The molecule has 2 aromatic rings. The van der Waals surface area contributed by atoms with Crippen molar-refractivity contribution in [1.29, 1.82) is 0 Å². The van der Waals surface area contributed by atoms with Gasteiger partial charge in [0.2, 0.25) is 0 Å². The van der Waals surface area contributed by atoms with Crippen LogP contribution >= 0.6 is 0 Å². The highest BCUT2D eigenvalue weighted by Gasteiger charge is 2.25. The maximum Gasteiger partial charge on any atom is 0.131 e. The first-order valence-corrected chi connectivity index (χ1v) is 8.46. The SMILES string of the molecule is C=NOCCNS(C)(=O)(O)c1cccc2ccccc12. The summed E-state index contributed by atoms with van der Waals surface area (Å²) in [5.74, 6) is 0. The van der Waals surface area contributed by atoms with Crippen LogP contribution in [0.4, 0.5) is 0 Å². The van der Waals surface area contributed by atoms with Gasteiger partial charge in [0.25, 0.3) is 0 Å². The number of hydrogen-bond donors (Lipinski definition) is 2. The molecule has 0 bridgehead atoms. The highest BCUT2D eigenvalue weighted by molar-refractivity contribution is 8.13. The lowest BCUT2D eigenvalue weighted by Crippen LogP contribution is -2.47. The van der Waals surface area contributed by atoms with E-state index in [-0.39, 0.29) is 13.2 Å². The van der Waals surface area contributed by atoms with E-state index < -0.39 is 9.53 Å². The van der Waals surface area contributed by atoms with E-state index >= 15 is 0 Å². The smallest absolute Gasteiger partial charge is 0.131 e. The van der Waals surface area contributed by atoms with Crippen molar-refractivity contribution in [2.45, 2.75) is 4.90 Å². The summed E-state index contributed by atoms with van der Waals surface area (Å²) in [7, 11) is -4.14. The van der Waals surface area contributed by atoms with Crippen molar-refractivity contribution >= 4 is 27.0 Å². The molecule has 0 fully saturated rings. The Morgan fingerprint density at radius 2 is 2.00 bits per heavy atom. The number of oxime groups is 1. The predicted molar refractivity (Wildman–Crippen MR) is 82.4 cm³/mol. The molecule has 0 spiro atoms. The van der Waals surface area contributed by atoms with Crippen molar-refractivity contribution in [3.8, 4) is 0 Å². The number of benzene rings is 2. The van der Waals surface area contributed by atoms with Crippen molar-refractivity contribution < 1.29 is 13.6 Å². The minimum Gasteiger partial charge on any atom is -0.395 e. The van der Waals surface area contributed by atoms with Crippen LogP contribution in [0.15, 0.2) is 52.5 Å². The number of nitrogens with one attached hydrogen (secondary N) is 1. The van der Waals surface area contributed by atoms with Crippen LogP contribution in [-0.4, -0.2) is 34.9 Å². The Morgan fingerprint density at radius 1 is 1.30 bits per heavy atom. The molecule has 0 unspecified atom stereocenters. The third-order valence-electron chi connectivity index (χ3n) is 2.99. The standard InChI is InChI=1S/C14H18N2O3S/c1-15-19-11-10-16-20(2,17,18)14-9-5-7-12-6-3-4-8-13(12)14/h3-9H,1,10-11H2,2H3,(H2,16,17,18). The molecule has 2 N–H and O–H groups in total. The molecular formula is C14H18N2O3S. The molecule has 0 aliphatic carbocycles. The van der Waals surface area contributed by atoms with Gasteiger partial charge in [-0.2, -0.15) is 4.21 Å². The zero-order valence-electron chi connectivity index (χ0n) is 11.3.